The van der Waals surface area contributed by atoms with Crippen LogP contribution in [0.25, 0.3) is 0 Å². The minimum Gasteiger partial charge on any atom is -0.444 e. The molecule has 0 aliphatic carbocycles. The molecule has 0 aliphatic rings. The molecule has 3 N–H and O–H groups in total. The summed E-state index contributed by atoms with van der Waals surface area (Å²) in [7, 11) is 0. The smallest absolute Gasteiger partial charge is 0.407 e. The first-order valence-electron chi connectivity index (χ1n) is 6.78. The quantitative estimate of drug-likeness (QED) is 0.523. The van der Waals surface area contributed by atoms with E-state index in [1.165, 1.54) is 18.2 Å². The average Bonchev–Trinajstić information content (AvgIpc) is 2.42. The fraction of sp³-hybridized carbons (Fsp3) is 0.500. The van der Waals surface area contributed by atoms with Crippen molar-refractivity contribution in [2.75, 3.05) is 6.54 Å². The lowest BCUT2D eigenvalue weighted by molar-refractivity contribution is -0.386. The van der Waals surface area contributed by atoms with E-state index in [4.69, 9.17) is 4.74 Å². The van der Waals surface area contributed by atoms with Crippen molar-refractivity contribution in [3.05, 3.63) is 38.3 Å². The first-order chi connectivity index (χ1) is 10.5. The number of nitrogens with zero attached hydrogens (tertiary/aromatic N) is 1. The van der Waals surface area contributed by atoms with E-state index in [1.807, 2.05) is 0 Å². The van der Waals surface area contributed by atoms with Crippen molar-refractivity contribution in [1.29, 1.82) is 0 Å². The van der Waals surface area contributed by atoms with Crippen LogP contribution < -0.4 is 5.32 Å². The van der Waals surface area contributed by atoms with Crippen LogP contribution in [0.5, 0.6) is 0 Å². The van der Waals surface area contributed by atoms with Gasteiger partial charge in [0.2, 0.25) is 0 Å². The number of alkyl carbamates (subject to hydrolysis) is 1. The summed E-state index contributed by atoms with van der Waals surface area (Å²) in [5.74, 6) is 0. The molecule has 1 aromatic carbocycles. The van der Waals surface area contributed by atoms with Gasteiger partial charge in [-0.15, -0.1) is 0 Å². The fourth-order valence-electron chi connectivity index (χ4n) is 1.75. The molecule has 9 heteroatoms. The molecule has 1 aromatic rings. The zero-order chi connectivity index (χ0) is 17.8. The Morgan fingerprint density at radius 2 is 2.04 bits per heavy atom. The third kappa shape index (κ3) is 6.12. The lowest BCUT2D eigenvalue weighted by Gasteiger charge is -2.22. The van der Waals surface area contributed by atoms with Crippen molar-refractivity contribution in [2.45, 2.75) is 38.6 Å². The molecule has 1 amide bonds. The molecule has 0 aromatic heterocycles. The van der Waals surface area contributed by atoms with Crippen LogP contribution in [0.1, 0.15) is 32.4 Å². The van der Waals surface area contributed by atoms with Gasteiger partial charge in [0.05, 0.1) is 10.5 Å². The van der Waals surface area contributed by atoms with Crippen LogP contribution in [-0.4, -0.2) is 39.5 Å². The molecule has 23 heavy (non-hydrogen) atoms. The number of rotatable bonds is 5. The Kier molecular flexibility index (Phi) is 6.48. The van der Waals surface area contributed by atoms with Crippen LogP contribution in [0.3, 0.4) is 0 Å². The molecule has 2 unspecified atom stereocenters. The van der Waals surface area contributed by atoms with Gasteiger partial charge < -0.3 is 20.3 Å². The highest BCUT2D eigenvalue weighted by molar-refractivity contribution is 9.10. The molecule has 0 spiro atoms. The van der Waals surface area contributed by atoms with E-state index in [9.17, 15) is 25.1 Å². The summed E-state index contributed by atoms with van der Waals surface area (Å²) >= 11 is 3.11. The van der Waals surface area contributed by atoms with Crippen LogP contribution in [0, 0.1) is 10.1 Å². The summed E-state index contributed by atoms with van der Waals surface area (Å²) in [5.41, 5.74) is -1.07. The number of benzene rings is 1. The lowest BCUT2D eigenvalue weighted by Crippen LogP contribution is -2.39. The number of hydrogen-bond acceptors (Lipinski definition) is 6. The maximum atomic E-state index is 11.5. The predicted octanol–water partition coefficient (Wildman–Crippen LogP) is 2.28. The largest absolute Gasteiger partial charge is 0.444 e. The van der Waals surface area contributed by atoms with E-state index in [2.05, 4.69) is 21.2 Å². The van der Waals surface area contributed by atoms with Gasteiger partial charge in [-0.2, -0.15) is 0 Å². The molecule has 0 radical (unpaired) electrons. The van der Waals surface area contributed by atoms with E-state index >= 15 is 0 Å². The first kappa shape index (κ1) is 19.3. The number of nitrogens with one attached hydrogen (secondary N) is 1. The van der Waals surface area contributed by atoms with Crippen LogP contribution in [-0.2, 0) is 4.74 Å². The summed E-state index contributed by atoms with van der Waals surface area (Å²) in [6.45, 7) is 4.73. The topological polar surface area (TPSA) is 122 Å². The fourth-order valence-corrected chi connectivity index (χ4v) is 2.10. The summed E-state index contributed by atoms with van der Waals surface area (Å²) in [4.78, 5) is 21.9. The van der Waals surface area contributed by atoms with Gasteiger partial charge in [-0.25, -0.2) is 4.79 Å². The van der Waals surface area contributed by atoms with E-state index < -0.39 is 28.8 Å². The molecule has 1 rings (SSSR count). The van der Waals surface area contributed by atoms with E-state index in [0.29, 0.717) is 4.47 Å². The van der Waals surface area contributed by atoms with Gasteiger partial charge in [0.1, 0.15) is 17.8 Å². The molecule has 2 atom stereocenters. The molecule has 0 saturated heterocycles. The Balaban J connectivity index is 2.76. The Labute approximate surface area is 141 Å². The highest BCUT2D eigenvalue weighted by atomic mass is 79.9. The number of amides is 1. The van der Waals surface area contributed by atoms with Crippen LogP contribution in [0.15, 0.2) is 22.7 Å². The highest BCUT2D eigenvalue weighted by Gasteiger charge is 2.27. The van der Waals surface area contributed by atoms with Gasteiger partial charge in [-0.3, -0.25) is 10.1 Å². The molecule has 0 saturated carbocycles. The van der Waals surface area contributed by atoms with Crippen molar-refractivity contribution >= 4 is 27.7 Å². The monoisotopic (exact) mass is 390 g/mol. The maximum absolute atomic E-state index is 11.5. The average molecular weight is 391 g/mol. The summed E-state index contributed by atoms with van der Waals surface area (Å²) < 4.78 is 5.47. The van der Waals surface area contributed by atoms with Crippen LogP contribution >= 0.6 is 15.9 Å². The number of nitro benzene ring substituents is 1. The Morgan fingerprint density at radius 1 is 1.43 bits per heavy atom. The summed E-state index contributed by atoms with van der Waals surface area (Å²) in [5, 5.41) is 33.4. The van der Waals surface area contributed by atoms with Crippen molar-refractivity contribution < 1.29 is 24.7 Å². The molecule has 0 aliphatic heterocycles. The van der Waals surface area contributed by atoms with E-state index in [1.54, 1.807) is 20.8 Å². The Morgan fingerprint density at radius 3 is 2.57 bits per heavy atom. The molecule has 8 nitrogen and oxygen atoms in total. The van der Waals surface area contributed by atoms with E-state index in [-0.39, 0.29) is 17.8 Å². The summed E-state index contributed by atoms with van der Waals surface area (Å²) in [6.07, 6.45) is -3.71. The number of carbonyl (C=O) groups excluding carboxylic acids is 1. The lowest BCUT2D eigenvalue weighted by atomic mass is 10.0. The minimum atomic E-state index is -1.53. The number of carbonyl (C=O) groups is 1. The molecule has 128 valence electrons. The number of aliphatic hydroxyl groups is 2. The van der Waals surface area contributed by atoms with Crippen molar-refractivity contribution in [3.63, 3.8) is 0 Å². The standard InChI is InChI=1S/C14H19BrN2O6/c1-14(2,3)23-13(20)16-7-11(18)12(19)9-5-4-8(15)6-10(9)17(21)22/h4-6,11-12,18-19H,7H2,1-3H3,(H,16,20). The number of aliphatic hydroxyl groups excluding tert-OH is 2. The third-order valence-electron chi connectivity index (χ3n) is 2.73. The summed E-state index contributed by atoms with van der Waals surface area (Å²) in [6, 6.07) is 4.08. The maximum Gasteiger partial charge on any atom is 0.407 e. The minimum absolute atomic E-state index is 0.0447. The SMILES string of the molecule is CC(C)(C)OC(=O)NCC(O)C(O)c1ccc(Br)cc1[N+](=O)[O-]. The van der Waals surface area contributed by atoms with Crippen molar-refractivity contribution in [1.82, 2.24) is 5.32 Å². The molecular weight excluding hydrogens is 372 g/mol. The molecule has 0 heterocycles. The van der Waals surface area contributed by atoms with Crippen molar-refractivity contribution in [2.24, 2.45) is 0 Å². The van der Waals surface area contributed by atoms with Gasteiger partial charge in [-0.05, 0) is 32.9 Å². The normalized spacial score (nSPS) is 14.0. The number of hydrogen-bond donors (Lipinski definition) is 3. The Bertz CT molecular complexity index is 587. The second kappa shape index (κ2) is 7.71. The highest BCUT2D eigenvalue weighted by Crippen LogP contribution is 2.30. The number of ether oxygens (including phenoxy) is 1. The molecular formula is C14H19BrN2O6. The van der Waals surface area contributed by atoms with Gasteiger partial charge in [-0.1, -0.05) is 15.9 Å². The van der Waals surface area contributed by atoms with Crippen molar-refractivity contribution in [3.8, 4) is 0 Å². The van der Waals surface area contributed by atoms with Gasteiger partial charge in [0.15, 0.2) is 0 Å². The van der Waals surface area contributed by atoms with Gasteiger partial charge >= 0.3 is 6.09 Å². The van der Waals surface area contributed by atoms with Crippen LogP contribution in [0.2, 0.25) is 0 Å². The molecule has 0 bridgehead atoms. The zero-order valence-electron chi connectivity index (χ0n) is 12.9. The third-order valence-corrected chi connectivity index (χ3v) is 3.22. The predicted molar refractivity (Wildman–Crippen MR) is 86.0 cm³/mol. The van der Waals surface area contributed by atoms with E-state index in [0.717, 1.165) is 0 Å². The van der Waals surface area contributed by atoms with Gasteiger partial charge in [0.25, 0.3) is 5.69 Å². The molecule has 0 fully saturated rings. The zero-order valence-corrected chi connectivity index (χ0v) is 14.5. The second-order valence-corrected chi connectivity index (χ2v) is 6.77. The Hall–Kier alpha value is -1.71. The van der Waals surface area contributed by atoms with Crippen LogP contribution in [0.4, 0.5) is 10.5 Å². The van der Waals surface area contributed by atoms with Gasteiger partial charge in [0, 0.05) is 17.1 Å². The number of nitro groups is 1. The number of halogens is 1. The second-order valence-electron chi connectivity index (χ2n) is 5.86. The first-order valence-corrected chi connectivity index (χ1v) is 7.57.